The summed E-state index contributed by atoms with van der Waals surface area (Å²) in [6, 6.07) is 15.6. The highest BCUT2D eigenvalue weighted by Crippen LogP contribution is 2.37. The number of carbonyl (C=O) groups excluding carboxylic acids is 3. The Morgan fingerprint density at radius 2 is 1.83 bits per heavy atom. The highest BCUT2D eigenvalue weighted by atomic mass is 35.5. The second kappa shape index (κ2) is 12.3. The van der Waals surface area contributed by atoms with E-state index in [1.165, 1.54) is 37.3 Å². The fourth-order valence-electron chi connectivity index (χ4n) is 4.40. The van der Waals surface area contributed by atoms with Gasteiger partial charge in [0.05, 0.1) is 21.7 Å². The second-order valence-electron chi connectivity index (χ2n) is 10.2. The van der Waals surface area contributed by atoms with Crippen molar-refractivity contribution < 1.29 is 27.2 Å². The number of aromatic nitrogens is 1. The molecule has 3 aromatic carbocycles. The first kappa shape index (κ1) is 29.8. The van der Waals surface area contributed by atoms with Crippen LogP contribution in [0.3, 0.4) is 0 Å². The zero-order valence-corrected chi connectivity index (χ0v) is 24.9. The molecule has 1 aliphatic rings. The minimum atomic E-state index is -4.37. The lowest BCUT2D eigenvalue weighted by Gasteiger charge is -2.16. The summed E-state index contributed by atoms with van der Waals surface area (Å²) in [5.41, 5.74) is 2.02. The third kappa shape index (κ3) is 6.86. The molecule has 0 saturated heterocycles. The van der Waals surface area contributed by atoms with Crippen LogP contribution in [0.5, 0.6) is 0 Å². The Morgan fingerprint density at radius 3 is 2.50 bits per heavy atom. The molecule has 218 valence electrons. The molecule has 1 atom stereocenters. The molecule has 0 radical (unpaired) electrons. The van der Waals surface area contributed by atoms with Gasteiger partial charge in [0.1, 0.15) is 16.6 Å². The molecular weight excluding hydrogens is 601 g/mol. The molecule has 0 bridgehead atoms. The highest BCUT2D eigenvalue weighted by molar-refractivity contribution is 7.92. The number of rotatable bonds is 11. The number of benzene rings is 3. The summed E-state index contributed by atoms with van der Waals surface area (Å²) in [6.07, 6.45) is 2.73. The standard InChI is InChI=1S/C30H27ClFN3O5S2/c1-17(36)5-6-18-7-9-19(10-8-18)23-14-26-25(15-24(23)32)35-30(41-26)28(29(38)33-16-27(37)34-21-11-12-21)42(39,40)22-4-2-3-20(31)13-22/h2-4,7-10,13-15,21,28H,5-6,11-12,16H2,1H3,(H,33,38)(H,34,37). The van der Waals surface area contributed by atoms with Crippen molar-refractivity contribution in [3.05, 3.63) is 82.1 Å². The van der Waals surface area contributed by atoms with Crippen molar-refractivity contribution >= 4 is 60.6 Å². The number of sulfone groups is 1. The van der Waals surface area contributed by atoms with Crippen molar-refractivity contribution in [2.75, 3.05) is 6.54 Å². The van der Waals surface area contributed by atoms with E-state index < -0.39 is 39.3 Å². The molecule has 1 unspecified atom stereocenters. The summed E-state index contributed by atoms with van der Waals surface area (Å²) in [7, 11) is -4.37. The minimum Gasteiger partial charge on any atom is -0.352 e. The van der Waals surface area contributed by atoms with Crippen LogP contribution in [-0.2, 0) is 30.6 Å². The summed E-state index contributed by atoms with van der Waals surface area (Å²) in [5, 5.41) is 3.47. The van der Waals surface area contributed by atoms with E-state index in [9.17, 15) is 22.8 Å². The van der Waals surface area contributed by atoms with E-state index in [-0.39, 0.29) is 37.8 Å². The third-order valence-corrected chi connectivity index (χ3v) is 10.2. The van der Waals surface area contributed by atoms with Gasteiger partial charge in [-0.25, -0.2) is 17.8 Å². The van der Waals surface area contributed by atoms with Crippen LogP contribution in [0.15, 0.2) is 65.6 Å². The van der Waals surface area contributed by atoms with Crippen molar-refractivity contribution in [2.24, 2.45) is 0 Å². The summed E-state index contributed by atoms with van der Waals surface area (Å²) >= 11 is 7.01. The van der Waals surface area contributed by atoms with Gasteiger partial charge in [0, 0.05) is 29.1 Å². The number of nitrogens with one attached hydrogen (secondary N) is 2. The maximum absolute atomic E-state index is 15.3. The summed E-state index contributed by atoms with van der Waals surface area (Å²) < 4.78 is 43.3. The number of ketones is 1. The SMILES string of the molecule is CC(=O)CCc1ccc(-c2cc3sc(C(C(=O)NCC(=O)NC4CC4)S(=O)(=O)c4cccc(Cl)c4)nc3cc2F)cc1. The van der Waals surface area contributed by atoms with E-state index in [1.54, 1.807) is 18.2 Å². The molecule has 1 aromatic heterocycles. The second-order valence-corrected chi connectivity index (χ2v) is 13.7. The zero-order valence-electron chi connectivity index (χ0n) is 22.5. The van der Waals surface area contributed by atoms with E-state index in [4.69, 9.17) is 11.6 Å². The Labute approximate surface area is 251 Å². The van der Waals surface area contributed by atoms with Gasteiger partial charge in [-0.2, -0.15) is 0 Å². The molecule has 8 nitrogen and oxygen atoms in total. The molecule has 0 aliphatic heterocycles. The van der Waals surface area contributed by atoms with Crippen LogP contribution in [0.4, 0.5) is 4.39 Å². The van der Waals surface area contributed by atoms with Gasteiger partial charge in [0.15, 0.2) is 15.1 Å². The van der Waals surface area contributed by atoms with Gasteiger partial charge in [0.2, 0.25) is 11.8 Å². The van der Waals surface area contributed by atoms with Crippen LogP contribution in [0.25, 0.3) is 21.3 Å². The van der Waals surface area contributed by atoms with Gasteiger partial charge in [-0.3, -0.25) is 9.59 Å². The topological polar surface area (TPSA) is 122 Å². The Balaban J connectivity index is 1.49. The number of halogens is 2. The fraction of sp³-hybridized carbons (Fsp3) is 0.267. The fourth-order valence-corrected chi connectivity index (χ4v) is 7.67. The molecule has 1 heterocycles. The van der Waals surface area contributed by atoms with Crippen LogP contribution in [-0.4, -0.2) is 43.6 Å². The highest BCUT2D eigenvalue weighted by Gasteiger charge is 2.39. The first-order chi connectivity index (χ1) is 20.0. The Bertz CT molecular complexity index is 1790. The Morgan fingerprint density at radius 1 is 1.10 bits per heavy atom. The molecular formula is C30H27ClFN3O5S2. The van der Waals surface area contributed by atoms with Crippen LogP contribution in [0, 0.1) is 5.82 Å². The molecule has 2 N–H and O–H groups in total. The van der Waals surface area contributed by atoms with Crippen molar-refractivity contribution in [3.8, 4) is 11.1 Å². The molecule has 12 heteroatoms. The molecule has 1 saturated carbocycles. The van der Waals surface area contributed by atoms with Crippen molar-refractivity contribution in [1.82, 2.24) is 15.6 Å². The molecule has 42 heavy (non-hydrogen) atoms. The molecule has 5 rings (SSSR count). The van der Waals surface area contributed by atoms with Crippen LogP contribution in [0.1, 0.15) is 42.0 Å². The van der Waals surface area contributed by atoms with Crippen LogP contribution in [0.2, 0.25) is 5.02 Å². The van der Waals surface area contributed by atoms with E-state index in [2.05, 4.69) is 15.6 Å². The number of amides is 2. The normalized spacial score (nSPS) is 14.0. The first-order valence-electron chi connectivity index (χ1n) is 13.3. The number of nitrogens with zero attached hydrogens (tertiary/aromatic N) is 1. The van der Waals surface area contributed by atoms with Gasteiger partial charge in [-0.1, -0.05) is 41.9 Å². The van der Waals surface area contributed by atoms with Gasteiger partial charge in [-0.05, 0) is 61.6 Å². The quantitative estimate of drug-likeness (QED) is 0.236. The third-order valence-electron chi connectivity index (χ3n) is 6.79. The monoisotopic (exact) mass is 627 g/mol. The minimum absolute atomic E-state index is 0.0683. The number of aryl methyl sites for hydroxylation is 1. The number of hydrogen-bond donors (Lipinski definition) is 2. The number of hydrogen-bond acceptors (Lipinski definition) is 7. The lowest BCUT2D eigenvalue weighted by atomic mass is 10.0. The van der Waals surface area contributed by atoms with Crippen LogP contribution < -0.4 is 10.6 Å². The Kier molecular flexibility index (Phi) is 8.72. The number of thiazole rings is 1. The predicted octanol–water partition coefficient (Wildman–Crippen LogP) is 5.19. The van der Waals surface area contributed by atoms with E-state index >= 15 is 4.39 Å². The maximum atomic E-state index is 15.3. The maximum Gasteiger partial charge on any atom is 0.246 e. The average Bonchev–Trinajstić information content (AvgIpc) is 3.67. The first-order valence-corrected chi connectivity index (χ1v) is 16.0. The molecule has 0 spiro atoms. The average molecular weight is 628 g/mol. The van der Waals surface area contributed by atoms with Crippen molar-refractivity contribution in [3.63, 3.8) is 0 Å². The zero-order chi connectivity index (χ0) is 30.0. The van der Waals surface area contributed by atoms with Gasteiger partial charge in [-0.15, -0.1) is 11.3 Å². The molecule has 1 fully saturated rings. The molecule has 4 aromatic rings. The molecule has 2 amide bonds. The van der Waals surface area contributed by atoms with Crippen molar-refractivity contribution in [2.45, 2.75) is 48.8 Å². The summed E-state index contributed by atoms with van der Waals surface area (Å²) in [5.74, 6) is -1.83. The smallest absolute Gasteiger partial charge is 0.246 e. The largest absolute Gasteiger partial charge is 0.352 e. The molecule has 1 aliphatic carbocycles. The van der Waals surface area contributed by atoms with E-state index in [1.807, 2.05) is 12.1 Å². The van der Waals surface area contributed by atoms with Crippen molar-refractivity contribution in [1.29, 1.82) is 0 Å². The van der Waals surface area contributed by atoms with Gasteiger partial charge >= 0.3 is 0 Å². The summed E-state index contributed by atoms with van der Waals surface area (Å²) in [6.45, 7) is 1.13. The lowest BCUT2D eigenvalue weighted by molar-refractivity contribution is -0.126. The van der Waals surface area contributed by atoms with E-state index in [0.717, 1.165) is 29.7 Å². The Hall–Kier alpha value is -3.67. The number of carbonyl (C=O) groups is 3. The van der Waals surface area contributed by atoms with E-state index in [0.29, 0.717) is 23.1 Å². The van der Waals surface area contributed by atoms with Gasteiger partial charge < -0.3 is 15.4 Å². The summed E-state index contributed by atoms with van der Waals surface area (Å²) in [4.78, 5) is 41.0. The number of Topliss-reactive ketones (excluding diaryl/α,β-unsaturated/α-hetero) is 1. The number of fused-ring (bicyclic) bond motifs is 1. The lowest BCUT2D eigenvalue weighted by Crippen LogP contribution is -2.41. The van der Waals surface area contributed by atoms with Gasteiger partial charge in [0.25, 0.3) is 0 Å². The predicted molar refractivity (Wildman–Crippen MR) is 160 cm³/mol. The van der Waals surface area contributed by atoms with Crippen LogP contribution >= 0.6 is 22.9 Å².